The minimum Gasteiger partial charge on any atom is -0.508 e. The first kappa shape index (κ1) is 16.5. The lowest BCUT2D eigenvalue weighted by Crippen LogP contribution is -2.36. The van der Waals surface area contributed by atoms with E-state index < -0.39 is 0 Å². The van der Waals surface area contributed by atoms with Crippen LogP contribution in [0.2, 0.25) is 0 Å². The number of anilines is 1. The summed E-state index contributed by atoms with van der Waals surface area (Å²) in [6.07, 6.45) is 2.40. The maximum absolute atomic E-state index is 9.61. The van der Waals surface area contributed by atoms with Crippen LogP contribution in [0.4, 0.5) is 5.69 Å². The minimum atomic E-state index is 0.132. The van der Waals surface area contributed by atoms with Crippen molar-refractivity contribution in [2.24, 2.45) is 5.92 Å². The standard InChI is InChI=1S/C22H27NO2/c1-22(2,3)15-8-11-19-18(13-15)21-17(5-4-12-25-21)20(23-19)14-6-9-16(24)10-7-14/h6-11,13,17,20-21,23-24H,4-5,12H2,1-3H3/t17-,20-,21-/m1/s1. The average Bonchev–Trinajstić information content (AvgIpc) is 2.60. The molecule has 3 nitrogen and oxygen atoms in total. The zero-order valence-corrected chi connectivity index (χ0v) is 15.3. The normalized spacial score (nSPS) is 25.6. The molecule has 0 amide bonds. The number of fused-ring (bicyclic) bond motifs is 3. The summed E-state index contributed by atoms with van der Waals surface area (Å²) >= 11 is 0. The SMILES string of the molecule is CC(C)(C)c1ccc2c(c1)[C@@H]1OCCC[C@@H]1[C@@H](c1ccc(O)cc1)N2. The van der Waals surface area contributed by atoms with Crippen molar-refractivity contribution in [1.29, 1.82) is 0 Å². The van der Waals surface area contributed by atoms with Gasteiger partial charge in [0.2, 0.25) is 0 Å². The second-order valence-electron chi connectivity index (χ2n) is 8.36. The molecule has 25 heavy (non-hydrogen) atoms. The Bertz CT molecular complexity index is 761. The first-order valence-corrected chi connectivity index (χ1v) is 9.25. The highest BCUT2D eigenvalue weighted by Gasteiger charge is 2.40. The third kappa shape index (κ3) is 3.02. The van der Waals surface area contributed by atoms with E-state index in [1.54, 1.807) is 12.1 Å². The fourth-order valence-electron chi connectivity index (χ4n) is 4.15. The maximum Gasteiger partial charge on any atom is 0.115 e. The second kappa shape index (κ2) is 6.06. The van der Waals surface area contributed by atoms with E-state index in [4.69, 9.17) is 4.74 Å². The molecule has 2 heterocycles. The van der Waals surface area contributed by atoms with Gasteiger partial charge in [0.1, 0.15) is 5.75 Å². The summed E-state index contributed by atoms with van der Waals surface area (Å²) in [5.74, 6) is 0.729. The Morgan fingerprint density at radius 2 is 1.84 bits per heavy atom. The zero-order chi connectivity index (χ0) is 17.6. The lowest BCUT2D eigenvalue weighted by Gasteiger charge is -2.44. The molecule has 1 saturated heterocycles. The number of hydrogen-bond donors (Lipinski definition) is 2. The molecule has 0 radical (unpaired) electrons. The molecule has 0 unspecified atom stereocenters. The summed E-state index contributed by atoms with van der Waals surface area (Å²) in [6.45, 7) is 7.60. The fraction of sp³-hybridized carbons (Fsp3) is 0.455. The van der Waals surface area contributed by atoms with Gasteiger partial charge < -0.3 is 15.2 Å². The molecule has 4 rings (SSSR count). The molecule has 0 spiro atoms. The topological polar surface area (TPSA) is 41.5 Å². The van der Waals surface area contributed by atoms with Gasteiger partial charge in [-0.2, -0.15) is 0 Å². The highest BCUT2D eigenvalue weighted by molar-refractivity contribution is 5.59. The van der Waals surface area contributed by atoms with Crippen molar-refractivity contribution >= 4 is 5.69 Å². The van der Waals surface area contributed by atoms with Crippen molar-refractivity contribution < 1.29 is 9.84 Å². The Hall–Kier alpha value is -2.00. The molecular formula is C22H27NO2. The van der Waals surface area contributed by atoms with Crippen LogP contribution in [-0.2, 0) is 10.2 Å². The molecule has 2 aromatic rings. The van der Waals surface area contributed by atoms with Gasteiger partial charge in [-0.25, -0.2) is 0 Å². The third-order valence-electron chi connectivity index (χ3n) is 5.58. The van der Waals surface area contributed by atoms with E-state index in [9.17, 15) is 5.11 Å². The maximum atomic E-state index is 9.61. The summed E-state index contributed by atoms with van der Waals surface area (Å²) in [4.78, 5) is 0. The van der Waals surface area contributed by atoms with E-state index in [2.05, 4.69) is 44.3 Å². The van der Waals surface area contributed by atoms with Gasteiger partial charge in [-0.05, 0) is 47.6 Å². The Morgan fingerprint density at radius 1 is 1.08 bits per heavy atom. The fourth-order valence-corrected chi connectivity index (χ4v) is 4.15. The highest BCUT2D eigenvalue weighted by Crippen LogP contribution is 2.49. The van der Waals surface area contributed by atoms with Crippen LogP contribution in [-0.4, -0.2) is 11.7 Å². The van der Waals surface area contributed by atoms with Crippen molar-refractivity contribution in [3.63, 3.8) is 0 Å². The summed E-state index contributed by atoms with van der Waals surface area (Å²) in [5, 5.41) is 13.4. The van der Waals surface area contributed by atoms with Gasteiger partial charge in [-0.3, -0.25) is 0 Å². The van der Waals surface area contributed by atoms with Crippen molar-refractivity contribution in [1.82, 2.24) is 0 Å². The molecule has 3 atom stereocenters. The average molecular weight is 337 g/mol. The number of rotatable bonds is 1. The van der Waals surface area contributed by atoms with Gasteiger partial charge in [0.05, 0.1) is 12.1 Å². The number of hydrogen-bond acceptors (Lipinski definition) is 3. The van der Waals surface area contributed by atoms with Crippen LogP contribution in [0.25, 0.3) is 0 Å². The summed E-state index contributed by atoms with van der Waals surface area (Å²) in [7, 11) is 0. The van der Waals surface area contributed by atoms with Crippen LogP contribution < -0.4 is 5.32 Å². The van der Waals surface area contributed by atoms with Gasteiger partial charge in [0, 0.05) is 23.8 Å². The molecular weight excluding hydrogens is 310 g/mol. The number of nitrogens with one attached hydrogen (secondary N) is 1. The molecule has 2 aliphatic heterocycles. The number of phenolic OH excluding ortho intramolecular Hbond substituents is 1. The highest BCUT2D eigenvalue weighted by atomic mass is 16.5. The zero-order valence-electron chi connectivity index (χ0n) is 15.3. The van der Waals surface area contributed by atoms with Crippen LogP contribution in [0.3, 0.4) is 0 Å². The van der Waals surface area contributed by atoms with Crippen molar-refractivity contribution in [2.45, 2.75) is 51.2 Å². The smallest absolute Gasteiger partial charge is 0.115 e. The van der Waals surface area contributed by atoms with Gasteiger partial charge in [-0.15, -0.1) is 0 Å². The van der Waals surface area contributed by atoms with Crippen LogP contribution in [0.15, 0.2) is 42.5 Å². The van der Waals surface area contributed by atoms with Crippen LogP contribution in [0, 0.1) is 5.92 Å². The number of ether oxygens (including phenoxy) is 1. The molecule has 2 N–H and O–H groups in total. The van der Waals surface area contributed by atoms with Gasteiger partial charge >= 0.3 is 0 Å². The van der Waals surface area contributed by atoms with Crippen LogP contribution in [0.5, 0.6) is 5.75 Å². The predicted octanol–water partition coefficient (Wildman–Crippen LogP) is 5.32. The minimum absolute atomic E-state index is 0.132. The van der Waals surface area contributed by atoms with Crippen LogP contribution in [0.1, 0.15) is 62.4 Å². The molecule has 132 valence electrons. The Balaban J connectivity index is 1.76. The van der Waals surface area contributed by atoms with Crippen molar-refractivity contribution in [2.75, 3.05) is 11.9 Å². The largest absolute Gasteiger partial charge is 0.508 e. The quantitative estimate of drug-likeness (QED) is 0.739. The molecule has 3 heteroatoms. The summed E-state index contributed by atoms with van der Waals surface area (Å²) in [6, 6.07) is 14.6. The molecule has 0 saturated carbocycles. The first-order valence-electron chi connectivity index (χ1n) is 9.25. The van der Waals surface area contributed by atoms with E-state index in [0.29, 0.717) is 11.7 Å². The summed E-state index contributed by atoms with van der Waals surface area (Å²) in [5.41, 5.74) is 5.17. The van der Waals surface area contributed by atoms with Gasteiger partial charge in [-0.1, -0.05) is 45.0 Å². The van der Waals surface area contributed by atoms with E-state index in [1.807, 2.05) is 12.1 Å². The van der Waals surface area contributed by atoms with Gasteiger partial charge in [0.15, 0.2) is 0 Å². The van der Waals surface area contributed by atoms with Crippen LogP contribution >= 0.6 is 0 Å². The Kier molecular flexibility index (Phi) is 3.99. The number of aromatic hydroxyl groups is 1. The van der Waals surface area contributed by atoms with E-state index >= 15 is 0 Å². The van der Waals surface area contributed by atoms with E-state index in [0.717, 1.165) is 19.4 Å². The second-order valence-corrected chi connectivity index (χ2v) is 8.36. The number of phenols is 1. The van der Waals surface area contributed by atoms with Crippen molar-refractivity contribution in [3.05, 3.63) is 59.2 Å². The lowest BCUT2D eigenvalue weighted by molar-refractivity contribution is -0.0382. The van der Waals surface area contributed by atoms with Gasteiger partial charge in [0.25, 0.3) is 0 Å². The predicted molar refractivity (Wildman–Crippen MR) is 101 cm³/mol. The summed E-state index contributed by atoms with van der Waals surface area (Å²) < 4.78 is 6.26. The van der Waals surface area contributed by atoms with Crippen molar-refractivity contribution in [3.8, 4) is 5.75 Å². The number of benzene rings is 2. The monoisotopic (exact) mass is 337 g/mol. The first-order chi connectivity index (χ1) is 11.9. The molecule has 2 aliphatic rings. The molecule has 1 fully saturated rings. The lowest BCUT2D eigenvalue weighted by atomic mass is 9.76. The Morgan fingerprint density at radius 3 is 2.56 bits per heavy atom. The molecule has 0 aliphatic carbocycles. The molecule has 2 aromatic carbocycles. The molecule has 0 bridgehead atoms. The molecule has 0 aromatic heterocycles. The van der Waals surface area contributed by atoms with E-state index in [-0.39, 0.29) is 17.6 Å². The Labute approximate surface area is 150 Å². The van der Waals surface area contributed by atoms with E-state index in [1.165, 1.54) is 22.4 Å². The third-order valence-corrected chi connectivity index (χ3v) is 5.58.